The van der Waals surface area contributed by atoms with Gasteiger partial charge in [0.2, 0.25) is 0 Å². The van der Waals surface area contributed by atoms with Crippen LogP contribution in [0.2, 0.25) is 5.15 Å². The molecular weight excluding hydrogens is 272 g/mol. The highest BCUT2D eigenvalue weighted by Crippen LogP contribution is 2.28. The standard InChI is InChI=1S/C15H17ClN4/c1-9-6-12-8-20(5-4-13(12)17-7-9)15-10(2)14(16)18-11(3)19-15/h6-7H,4-5,8H2,1-3H3. The van der Waals surface area contributed by atoms with Crippen LogP contribution in [0.4, 0.5) is 5.82 Å². The molecule has 0 aliphatic carbocycles. The van der Waals surface area contributed by atoms with Crippen molar-refractivity contribution in [2.75, 3.05) is 11.4 Å². The minimum atomic E-state index is 0.542. The van der Waals surface area contributed by atoms with Crippen LogP contribution < -0.4 is 4.90 Å². The highest BCUT2D eigenvalue weighted by molar-refractivity contribution is 6.30. The van der Waals surface area contributed by atoms with Crippen LogP contribution in [-0.2, 0) is 13.0 Å². The third kappa shape index (κ3) is 2.36. The Bertz CT molecular complexity index is 669. The maximum absolute atomic E-state index is 6.17. The first kappa shape index (κ1) is 13.3. The fourth-order valence-corrected chi connectivity index (χ4v) is 2.82. The summed E-state index contributed by atoms with van der Waals surface area (Å²) in [6, 6.07) is 2.21. The molecule has 1 aliphatic rings. The Morgan fingerprint density at radius 1 is 1.20 bits per heavy atom. The fraction of sp³-hybridized carbons (Fsp3) is 0.400. The minimum Gasteiger partial charge on any atom is -0.351 e. The molecule has 0 unspecified atom stereocenters. The van der Waals surface area contributed by atoms with Gasteiger partial charge in [-0.25, -0.2) is 9.97 Å². The smallest absolute Gasteiger partial charge is 0.137 e. The van der Waals surface area contributed by atoms with E-state index in [1.807, 2.05) is 20.0 Å². The third-order valence-corrected chi connectivity index (χ3v) is 4.02. The van der Waals surface area contributed by atoms with Crippen molar-refractivity contribution >= 4 is 17.4 Å². The van der Waals surface area contributed by atoms with Crippen molar-refractivity contribution < 1.29 is 0 Å². The molecule has 0 saturated heterocycles. The molecule has 0 atom stereocenters. The summed E-state index contributed by atoms with van der Waals surface area (Å²) in [6.45, 7) is 7.66. The zero-order valence-corrected chi connectivity index (χ0v) is 12.7. The van der Waals surface area contributed by atoms with E-state index in [1.165, 1.54) is 16.8 Å². The fourth-order valence-electron chi connectivity index (χ4n) is 2.61. The monoisotopic (exact) mass is 288 g/mol. The van der Waals surface area contributed by atoms with Crippen molar-refractivity contribution in [3.63, 3.8) is 0 Å². The molecule has 20 heavy (non-hydrogen) atoms. The van der Waals surface area contributed by atoms with Crippen LogP contribution in [0, 0.1) is 20.8 Å². The summed E-state index contributed by atoms with van der Waals surface area (Å²) in [5, 5.41) is 0.542. The van der Waals surface area contributed by atoms with E-state index in [0.717, 1.165) is 30.9 Å². The molecule has 0 fully saturated rings. The van der Waals surface area contributed by atoms with E-state index >= 15 is 0 Å². The van der Waals surface area contributed by atoms with Crippen LogP contribution >= 0.6 is 11.6 Å². The first-order chi connectivity index (χ1) is 9.54. The van der Waals surface area contributed by atoms with E-state index in [1.54, 1.807) is 0 Å². The van der Waals surface area contributed by atoms with Gasteiger partial charge in [0, 0.05) is 37.0 Å². The van der Waals surface area contributed by atoms with Gasteiger partial charge in [0.15, 0.2) is 0 Å². The molecule has 0 amide bonds. The van der Waals surface area contributed by atoms with Gasteiger partial charge in [0.25, 0.3) is 0 Å². The summed E-state index contributed by atoms with van der Waals surface area (Å²) in [4.78, 5) is 15.5. The number of hydrogen-bond donors (Lipinski definition) is 0. The van der Waals surface area contributed by atoms with E-state index < -0.39 is 0 Å². The lowest BCUT2D eigenvalue weighted by Gasteiger charge is -2.30. The molecule has 0 aromatic carbocycles. The van der Waals surface area contributed by atoms with Crippen LogP contribution in [0.25, 0.3) is 0 Å². The van der Waals surface area contributed by atoms with E-state index in [2.05, 4.69) is 32.8 Å². The van der Waals surface area contributed by atoms with Crippen LogP contribution in [0.3, 0.4) is 0 Å². The number of halogens is 1. The number of rotatable bonds is 1. The molecule has 5 heteroatoms. The quantitative estimate of drug-likeness (QED) is 0.757. The van der Waals surface area contributed by atoms with E-state index in [0.29, 0.717) is 11.0 Å². The highest BCUT2D eigenvalue weighted by atomic mass is 35.5. The predicted octanol–water partition coefficient (Wildman–Crippen LogP) is 3.01. The van der Waals surface area contributed by atoms with Crippen molar-refractivity contribution in [3.05, 3.63) is 45.6 Å². The van der Waals surface area contributed by atoms with Crippen molar-refractivity contribution in [2.45, 2.75) is 33.7 Å². The maximum atomic E-state index is 6.17. The summed E-state index contributed by atoms with van der Waals surface area (Å²) in [6.07, 6.45) is 2.88. The predicted molar refractivity (Wildman–Crippen MR) is 80.2 cm³/mol. The lowest BCUT2D eigenvalue weighted by Crippen LogP contribution is -2.32. The van der Waals surface area contributed by atoms with Gasteiger partial charge < -0.3 is 4.90 Å². The first-order valence-corrected chi connectivity index (χ1v) is 7.12. The lowest BCUT2D eigenvalue weighted by atomic mass is 10.0. The maximum Gasteiger partial charge on any atom is 0.137 e. The lowest BCUT2D eigenvalue weighted by molar-refractivity contribution is 0.695. The zero-order valence-electron chi connectivity index (χ0n) is 11.9. The largest absolute Gasteiger partial charge is 0.351 e. The number of hydrogen-bond acceptors (Lipinski definition) is 4. The Labute approximate surface area is 123 Å². The van der Waals surface area contributed by atoms with E-state index in [4.69, 9.17) is 11.6 Å². The van der Waals surface area contributed by atoms with Crippen LogP contribution in [0.5, 0.6) is 0 Å². The summed E-state index contributed by atoms with van der Waals surface area (Å²) in [5.74, 6) is 1.65. The molecule has 0 N–H and O–H groups in total. The van der Waals surface area contributed by atoms with Gasteiger partial charge in [-0.05, 0) is 31.9 Å². The van der Waals surface area contributed by atoms with E-state index in [9.17, 15) is 0 Å². The van der Waals surface area contributed by atoms with Crippen molar-refractivity contribution in [1.82, 2.24) is 15.0 Å². The van der Waals surface area contributed by atoms with Crippen molar-refractivity contribution in [2.24, 2.45) is 0 Å². The Kier molecular flexibility index (Phi) is 3.34. The molecule has 3 heterocycles. The zero-order chi connectivity index (χ0) is 14.3. The molecule has 2 aromatic heterocycles. The molecule has 0 spiro atoms. The topological polar surface area (TPSA) is 41.9 Å². The minimum absolute atomic E-state index is 0.542. The molecule has 3 rings (SSSR count). The van der Waals surface area contributed by atoms with Gasteiger partial charge in [-0.3, -0.25) is 4.98 Å². The highest BCUT2D eigenvalue weighted by Gasteiger charge is 2.21. The van der Waals surface area contributed by atoms with Gasteiger partial charge in [-0.2, -0.15) is 0 Å². The van der Waals surface area contributed by atoms with E-state index in [-0.39, 0.29) is 0 Å². The number of anilines is 1. The molecule has 0 radical (unpaired) electrons. The Hall–Kier alpha value is -1.68. The molecular formula is C15H17ClN4. The van der Waals surface area contributed by atoms with Crippen LogP contribution in [-0.4, -0.2) is 21.5 Å². The number of fused-ring (bicyclic) bond motifs is 1. The van der Waals surface area contributed by atoms with Gasteiger partial charge in [-0.15, -0.1) is 0 Å². The first-order valence-electron chi connectivity index (χ1n) is 6.74. The van der Waals surface area contributed by atoms with Crippen LogP contribution in [0.15, 0.2) is 12.3 Å². The summed E-state index contributed by atoms with van der Waals surface area (Å²) >= 11 is 6.17. The van der Waals surface area contributed by atoms with Crippen molar-refractivity contribution in [1.29, 1.82) is 0 Å². The number of pyridine rings is 1. The molecule has 4 nitrogen and oxygen atoms in total. The average Bonchev–Trinajstić information content (AvgIpc) is 2.42. The van der Waals surface area contributed by atoms with Gasteiger partial charge in [-0.1, -0.05) is 17.7 Å². The van der Waals surface area contributed by atoms with Crippen LogP contribution in [0.1, 0.15) is 28.2 Å². The molecule has 0 saturated carbocycles. The van der Waals surface area contributed by atoms with Gasteiger partial charge in [0.05, 0.1) is 0 Å². The number of aromatic nitrogens is 3. The summed E-state index contributed by atoms with van der Waals surface area (Å²) in [7, 11) is 0. The second-order valence-electron chi connectivity index (χ2n) is 5.30. The number of nitrogens with zero attached hydrogens (tertiary/aromatic N) is 4. The SMILES string of the molecule is Cc1cnc2c(c1)CN(c1nc(C)nc(Cl)c1C)CC2. The molecule has 2 aromatic rings. The molecule has 104 valence electrons. The summed E-state index contributed by atoms with van der Waals surface area (Å²) < 4.78 is 0. The van der Waals surface area contributed by atoms with Gasteiger partial charge >= 0.3 is 0 Å². The Balaban J connectivity index is 1.98. The third-order valence-electron chi connectivity index (χ3n) is 3.65. The summed E-state index contributed by atoms with van der Waals surface area (Å²) in [5.41, 5.74) is 4.62. The molecule has 1 aliphatic heterocycles. The molecule has 0 bridgehead atoms. The van der Waals surface area contributed by atoms with Crippen molar-refractivity contribution in [3.8, 4) is 0 Å². The number of aryl methyl sites for hydroxylation is 2. The second-order valence-corrected chi connectivity index (χ2v) is 5.66. The second kappa shape index (κ2) is 5.02. The van der Waals surface area contributed by atoms with Gasteiger partial charge in [0.1, 0.15) is 16.8 Å². The average molecular weight is 289 g/mol. The Morgan fingerprint density at radius 2 is 2.00 bits per heavy atom. The Morgan fingerprint density at radius 3 is 2.80 bits per heavy atom. The normalized spacial score (nSPS) is 14.3.